The summed E-state index contributed by atoms with van der Waals surface area (Å²) in [5.74, 6) is 0.466. The van der Waals surface area contributed by atoms with E-state index in [1.807, 2.05) is 4.68 Å². The van der Waals surface area contributed by atoms with E-state index in [-0.39, 0.29) is 5.82 Å². The lowest BCUT2D eigenvalue weighted by Crippen LogP contribution is -2.49. The molecule has 1 unspecified atom stereocenters. The van der Waals surface area contributed by atoms with Crippen molar-refractivity contribution >= 4 is 5.69 Å². The molecule has 0 amide bonds. The molecule has 8 heteroatoms. The van der Waals surface area contributed by atoms with E-state index < -0.39 is 0 Å². The second-order valence-corrected chi connectivity index (χ2v) is 8.28. The molecule has 4 aromatic rings. The highest BCUT2D eigenvalue weighted by atomic mass is 19.1. The first kappa shape index (κ1) is 18.3. The summed E-state index contributed by atoms with van der Waals surface area (Å²) in [4.78, 5) is 2.42. The van der Waals surface area contributed by atoms with Gasteiger partial charge in [-0.15, -0.1) is 5.10 Å². The van der Waals surface area contributed by atoms with Crippen LogP contribution in [0.3, 0.4) is 0 Å². The van der Waals surface area contributed by atoms with Gasteiger partial charge in [0.05, 0.1) is 11.4 Å². The van der Waals surface area contributed by atoms with Gasteiger partial charge < -0.3 is 14.8 Å². The highest BCUT2D eigenvalue weighted by Crippen LogP contribution is 2.34. The average molecular weight is 415 g/mol. The third kappa shape index (κ3) is 3.11. The van der Waals surface area contributed by atoms with Crippen LogP contribution in [0.4, 0.5) is 10.1 Å². The number of tetrazole rings is 1. The number of fused-ring (bicyclic) bond motifs is 5. The SMILES string of the molecule is CC1CN(c2ccc3c(c2)Cn2cc(-c4ccc(F)cc4)cc2-c2nnnn2-3)CCN1. The van der Waals surface area contributed by atoms with Crippen LogP contribution in [0.25, 0.3) is 28.3 Å². The number of benzene rings is 2. The van der Waals surface area contributed by atoms with E-state index in [0.29, 0.717) is 18.4 Å². The number of hydrogen-bond acceptors (Lipinski definition) is 5. The second kappa shape index (κ2) is 7.02. The lowest BCUT2D eigenvalue weighted by Gasteiger charge is -2.34. The van der Waals surface area contributed by atoms with Gasteiger partial charge in [0.2, 0.25) is 5.82 Å². The fourth-order valence-electron chi connectivity index (χ4n) is 4.59. The topological polar surface area (TPSA) is 63.8 Å². The van der Waals surface area contributed by atoms with Gasteiger partial charge in [0.25, 0.3) is 0 Å². The average Bonchev–Trinajstić information content (AvgIpc) is 3.39. The monoisotopic (exact) mass is 415 g/mol. The molecule has 1 N–H and O–H groups in total. The van der Waals surface area contributed by atoms with E-state index in [4.69, 9.17) is 0 Å². The van der Waals surface area contributed by atoms with E-state index in [2.05, 4.69) is 67.7 Å². The molecule has 1 atom stereocenters. The van der Waals surface area contributed by atoms with Crippen molar-refractivity contribution in [3.05, 3.63) is 66.1 Å². The minimum atomic E-state index is -0.239. The molecule has 1 saturated heterocycles. The maximum absolute atomic E-state index is 13.4. The highest BCUT2D eigenvalue weighted by Gasteiger charge is 2.24. The van der Waals surface area contributed by atoms with Crippen LogP contribution in [0.2, 0.25) is 0 Å². The Balaban J connectivity index is 1.44. The van der Waals surface area contributed by atoms with Gasteiger partial charge in [-0.05, 0) is 64.9 Å². The summed E-state index contributed by atoms with van der Waals surface area (Å²) in [5, 5.41) is 16.0. The molecule has 6 rings (SSSR count). The van der Waals surface area contributed by atoms with Gasteiger partial charge in [0.15, 0.2) is 0 Å². The molecule has 31 heavy (non-hydrogen) atoms. The van der Waals surface area contributed by atoms with Crippen molar-refractivity contribution in [2.24, 2.45) is 0 Å². The molecule has 4 heterocycles. The highest BCUT2D eigenvalue weighted by molar-refractivity contribution is 5.71. The molecule has 2 aliphatic heterocycles. The number of anilines is 1. The van der Waals surface area contributed by atoms with Crippen LogP contribution < -0.4 is 10.2 Å². The number of piperazine rings is 1. The van der Waals surface area contributed by atoms with E-state index in [0.717, 1.165) is 47.7 Å². The molecule has 0 aliphatic carbocycles. The molecule has 7 nitrogen and oxygen atoms in total. The van der Waals surface area contributed by atoms with Crippen LogP contribution in [0.15, 0.2) is 54.7 Å². The fourth-order valence-corrected chi connectivity index (χ4v) is 4.59. The molecular formula is C23H22FN7. The van der Waals surface area contributed by atoms with Gasteiger partial charge in [0.1, 0.15) is 5.82 Å². The molecule has 1 fully saturated rings. The number of nitrogens with zero attached hydrogens (tertiary/aromatic N) is 6. The Morgan fingerprint density at radius 2 is 1.94 bits per heavy atom. The maximum atomic E-state index is 13.4. The van der Waals surface area contributed by atoms with Crippen molar-refractivity contribution in [2.75, 3.05) is 24.5 Å². The molecule has 0 saturated carbocycles. The van der Waals surface area contributed by atoms with Crippen LogP contribution in [-0.4, -0.2) is 50.5 Å². The fraction of sp³-hybridized carbons (Fsp3) is 0.261. The summed E-state index contributed by atoms with van der Waals surface area (Å²) >= 11 is 0. The minimum Gasteiger partial charge on any atom is -0.369 e. The summed E-state index contributed by atoms with van der Waals surface area (Å²) < 4.78 is 17.4. The van der Waals surface area contributed by atoms with Crippen LogP contribution in [0.5, 0.6) is 0 Å². The Morgan fingerprint density at radius 1 is 1.06 bits per heavy atom. The number of hydrogen-bond donors (Lipinski definition) is 1. The van der Waals surface area contributed by atoms with Gasteiger partial charge in [-0.2, -0.15) is 4.68 Å². The first-order valence-corrected chi connectivity index (χ1v) is 10.5. The largest absolute Gasteiger partial charge is 0.369 e. The number of halogens is 1. The normalized spacial score (nSPS) is 17.6. The van der Waals surface area contributed by atoms with Crippen molar-refractivity contribution < 1.29 is 4.39 Å². The summed E-state index contributed by atoms with van der Waals surface area (Å²) in [6, 6.07) is 15.6. The Bertz CT molecular complexity index is 1260. The van der Waals surface area contributed by atoms with Crippen LogP contribution in [0, 0.1) is 5.82 Å². The summed E-state index contributed by atoms with van der Waals surface area (Å²) in [5.41, 5.74) is 6.30. The van der Waals surface area contributed by atoms with E-state index >= 15 is 0 Å². The predicted octanol–water partition coefficient (Wildman–Crippen LogP) is 3.10. The Kier molecular flexibility index (Phi) is 4.14. The van der Waals surface area contributed by atoms with E-state index in [1.54, 1.807) is 12.1 Å². The maximum Gasteiger partial charge on any atom is 0.203 e. The third-order valence-electron chi connectivity index (χ3n) is 6.14. The summed E-state index contributed by atoms with van der Waals surface area (Å²) in [7, 11) is 0. The molecular weight excluding hydrogens is 393 g/mol. The number of nitrogens with one attached hydrogen (secondary N) is 1. The zero-order valence-electron chi connectivity index (χ0n) is 17.2. The van der Waals surface area contributed by atoms with Gasteiger partial charge >= 0.3 is 0 Å². The van der Waals surface area contributed by atoms with Gasteiger partial charge in [-0.1, -0.05) is 12.1 Å². The Morgan fingerprint density at radius 3 is 2.77 bits per heavy atom. The van der Waals surface area contributed by atoms with Gasteiger partial charge in [0, 0.05) is 49.7 Å². The number of aromatic nitrogens is 5. The summed E-state index contributed by atoms with van der Waals surface area (Å²) in [6.07, 6.45) is 2.09. The van der Waals surface area contributed by atoms with Crippen LogP contribution in [0.1, 0.15) is 12.5 Å². The minimum absolute atomic E-state index is 0.239. The van der Waals surface area contributed by atoms with Crippen LogP contribution >= 0.6 is 0 Å². The lowest BCUT2D eigenvalue weighted by molar-refractivity contribution is 0.484. The Labute approximate surface area is 179 Å². The number of rotatable bonds is 2. The van der Waals surface area contributed by atoms with Crippen molar-refractivity contribution in [1.82, 2.24) is 30.1 Å². The zero-order chi connectivity index (χ0) is 20.9. The second-order valence-electron chi connectivity index (χ2n) is 8.28. The van der Waals surface area contributed by atoms with Gasteiger partial charge in [-0.3, -0.25) is 0 Å². The van der Waals surface area contributed by atoms with Crippen LogP contribution in [-0.2, 0) is 6.54 Å². The zero-order valence-corrected chi connectivity index (χ0v) is 17.2. The van der Waals surface area contributed by atoms with Gasteiger partial charge in [-0.25, -0.2) is 4.39 Å². The van der Waals surface area contributed by atoms with Crippen molar-refractivity contribution in [2.45, 2.75) is 19.5 Å². The van der Waals surface area contributed by atoms with Crippen molar-refractivity contribution in [3.8, 4) is 28.3 Å². The van der Waals surface area contributed by atoms with Crippen molar-refractivity contribution in [1.29, 1.82) is 0 Å². The molecule has 2 aromatic heterocycles. The van der Waals surface area contributed by atoms with E-state index in [1.165, 1.54) is 17.8 Å². The summed E-state index contributed by atoms with van der Waals surface area (Å²) in [6.45, 7) is 5.87. The van der Waals surface area contributed by atoms with E-state index in [9.17, 15) is 4.39 Å². The first-order chi connectivity index (χ1) is 15.2. The molecule has 2 aliphatic rings. The first-order valence-electron chi connectivity index (χ1n) is 10.5. The standard InChI is InChI=1S/C23H22FN7/c1-15-12-29(9-8-25-15)20-6-7-21-18(10-20)14-30-13-17(16-2-4-19(24)5-3-16)11-22(30)23-26-27-28-31(21)23/h2-7,10-11,13,15,25H,8-9,12,14H2,1H3. The Hall–Kier alpha value is -3.52. The lowest BCUT2D eigenvalue weighted by atomic mass is 10.1. The quantitative estimate of drug-likeness (QED) is 0.480. The van der Waals surface area contributed by atoms with Crippen molar-refractivity contribution in [3.63, 3.8) is 0 Å². The smallest absolute Gasteiger partial charge is 0.203 e. The predicted molar refractivity (Wildman–Crippen MR) is 117 cm³/mol. The molecule has 0 radical (unpaired) electrons. The molecule has 0 bridgehead atoms. The third-order valence-corrected chi connectivity index (χ3v) is 6.14. The molecule has 156 valence electrons. The molecule has 2 aromatic carbocycles. The molecule has 0 spiro atoms.